The Morgan fingerprint density at radius 1 is 1.10 bits per heavy atom. The number of para-hydroxylation sites is 2. The van der Waals surface area contributed by atoms with E-state index in [4.69, 9.17) is 16.3 Å². The monoisotopic (exact) mass is 452 g/mol. The smallest absolute Gasteiger partial charge is 0.257 e. The number of thioether (sulfide) groups is 1. The van der Waals surface area contributed by atoms with Gasteiger partial charge in [-0.2, -0.15) is 0 Å². The summed E-state index contributed by atoms with van der Waals surface area (Å²) >= 11 is 7.68. The zero-order valence-corrected chi connectivity index (χ0v) is 18.5. The van der Waals surface area contributed by atoms with Crippen molar-refractivity contribution in [1.29, 1.82) is 0 Å². The highest BCUT2D eigenvalue weighted by atomic mass is 35.5. The molecule has 1 heterocycles. The molecule has 0 saturated carbocycles. The van der Waals surface area contributed by atoms with Crippen molar-refractivity contribution in [3.05, 3.63) is 88.9 Å². The molecule has 2 amide bonds. The maximum atomic E-state index is 12.7. The Bertz CT molecular complexity index is 1100. The summed E-state index contributed by atoms with van der Waals surface area (Å²) < 4.78 is 5.74. The van der Waals surface area contributed by atoms with Gasteiger partial charge in [0.2, 0.25) is 5.91 Å². The molecule has 0 unspecified atom stereocenters. The first-order valence-electron chi connectivity index (χ1n) is 9.90. The van der Waals surface area contributed by atoms with Crippen LogP contribution in [0.4, 0.5) is 11.4 Å². The molecule has 1 aliphatic heterocycles. The number of carbonyl (C=O) groups is 2. The highest BCUT2D eigenvalue weighted by molar-refractivity contribution is 8.00. The molecule has 5 nitrogen and oxygen atoms in total. The first kappa shape index (κ1) is 21.3. The first-order chi connectivity index (χ1) is 15.1. The van der Waals surface area contributed by atoms with E-state index in [2.05, 4.69) is 5.32 Å². The Labute approximate surface area is 190 Å². The van der Waals surface area contributed by atoms with Gasteiger partial charge in [-0.1, -0.05) is 48.0 Å². The second kappa shape index (κ2) is 9.45. The van der Waals surface area contributed by atoms with Gasteiger partial charge in [0.25, 0.3) is 5.91 Å². The zero-order chi connectivity index (χ0) is 21.8. The van der Waals surface area contributed by atoms with Crippen LogP contribution in [0.2, 0.25) is 5.02 Å². The lowest BCUT2D eigenvalue weighted by molar-refractivity contribution is -0.115. The molecule has 0 spiro atoms. The molecule has 0 bridgehead atoms. The molecule has 158 valence electrons. The van der Waals surface area contributed by atoms with Crippen molar-refractivity contribution in [1.82, 2.24) is 0 Å². The van der Waals surface area contributed by atoms with Gasteiger partial charge < -0.3 is 10.1 Å². The minimum atomic E-state index is -0.268. The maximum absolute atomic E-state index is 12.7. The number of anilines is 2. The van der Waals surface area contributed by atoms with Crippen molar-refractivity contribution >= 4 is 46.6 Å². The number of rotatable bonds is 6. The molecule has 3 aromatic rings. The molecule has 1 fully saturated rings. The van der Waals surface area contributed by atoms with Crippen LogP contribution in [0.25, 0.3) is 0 Å². The minimum absolute atomic E-state index is 0.0400. The molecule has 1 saturated heterocycles. The van der Waals surface area contributed by atoms with Crippen molar-refractivity contribution in [2.75, 3.05) is 22.6 Å². The SMILES string of the molecule is CCOc1ccccc1N1C(=O)CS[C@H]1c1ccc(NC(=O)c2ccccc2Cl)cc1. The van der Waals surface area contributed by atoms with Gasteiger partial charge in [0, 0.05) is 5.69 Å². The van der Waals surface area contributed by atoms with E-state index in [9.17, 15) is 9.59 Å². The lowest BCUT2D eigenvalue weighted by atomic mass is 10.1. The normalized spacial score (nSPS) is 15.7. The minimum Gasteiger partial charge on any atom is -0.492 e. The first-order valence-corrected chi connectivity index (χ1v) is 11.3. The van der Waals surface area contributed by atoms with Crippen LogP contribution in [0.3, 0.4) is 0 Å². The molecule has 4 rings (SSSR count). The van der Waals surface area contributed by atoms with Gasteiger partial charge in [-0.15, -0.1) is 11.8 Å². The third-order valence-electron chi connectivity index (χ3n) is 4.86. The summed E-state index contributed by atoms with van der Waals surface area (Å²) in [5.74, 6) is 0.861. The van der Waals surface area contributed by atoms with Crippen molar-refractivity contribution in [2.45, 2.75) is 12.3 Å². The van der Waals surface area contributed by atoms with Gasteiger partial charge in [0.1, 0.15) is 11.1 Å². The maximum Gasteiger partial charge on any atom is 0.257 e. The number of nitrogens with zero attached hydrogens (tertiary/aromatic N) is 1. The topological polar surface area (TPSA) is 58.6 Å². The number of hydrogen-bond acceptors (Lipinski definition) is 4. The van der Waals surface area contributed by atoms with E-state index in [0.29, 0.717) is 34.4 Å². The zero-order valence-electron chi connectivity index (χ0n) is 16.9. The number of hydrogen-bond donors (Lipinski definition) is 1. The van der Waals surface area contributed by atoms with E-state index < -0.39 is 0 Å². The highest BCUT2D eigenvalue weighted by Crippen LogP contribution is 2.44. The molecular weight excluding hydrogens is 432 g/mol. The predicted molar refractivity (Wildman–Crippen MR) is 126 cm³/mol. The van der Waals surface area contributed by atoms with Gasteiger partial charge in [0.05, 0.1) is 28.6 Å². The van der Waals surface area contributed by atoms with Gasteiger partial charge in [0.15, 0.2) is 0 Å². The van der Waals surface area contributed by atoms with E-state index in [1.54, 1.807) is 40.9 Å². The van der Waals surface area contributed by atoms with Crippen LogP contribution in [-0.2, 0) is 4.79 Å². The highest BCUT2D eigenvalue weighted by Gasteiger charge is 2.35. The Morgan fingerprint density at radius 2 is 1.81 bits per heavy atom. The number of amides is 2. The predicted octanol–water partition coefficient (Wildman–Crippen LogP) is 5.77. The second-order valence-electron chi connectivity index (χ2n) is 6.88. The van der Waals surface area contributed by atoms with Crippen LogP contribution in [0.1, 0.15) is 28.2 Å². The average molecular weight is 453 g/mol. The fourth-order valence-corrected chi connectivity index (χ4v) is 4.83. The Hall–Kier alpha value is -2.96. The standard InChI is InChI=1S/C24H21ClN2O3S/c1-2-30-21-10-6-5-9-20(21)27-22(28)15-31-24(27)16-11-13-17(14-12-16)26-23(29)18-7-3-4-8-19(18)25/h3-14,24H,2,15H2,1H3,(H,26,29)/t24-/m0/s1. The Morgan fingerprint density at radius 3 is 2.55 bits per heavy atom. The van der Waals surface area contributed by atoms with Crippen molar-refractivity contribution in [3.63, 3.8) is 0 Å². The largest absolute Gasteiger partial charge is 0.492 e. The molecule has 0 aliphatic carbocycles. The quantitative estimate of drug-likeness (QED) is 0.515. The molecule has 3 aromatic carbocycles. The summed E-state index contributed by atoms with van der Waals surface area (Å²) in [5.41, 5.74) is 2.81. The summed E-state index contributed by atoms with van der Waals surface area (Å²) in [5, 5.41) is 3.10. The number of carbonyl (C=O) groups excluding carboxylic acids is 2. The number of halogens is 1. The van der Waals surface area contributed by atoms with E-state index in [1.165, 1.54) is 0 Å². The van der Waals surface area contributed by atoms with E-state index in [1.807, 2.05) is 55.5 Å². The van der Waals surface area contributed by atoms with E-state index in [-0.39, 0.29) is 17.2 Å². The molecule has 1 atom stereocenters. The fourth-order valence-electron chi connectivity index (χ4n) is 3.44. The molecular formula is C24H21ClN2O3S. The van der Waals surface area contributed by atoms with Crippen molar-refractivity contribution in [2.24, 2.45) is 0 Å². The summed E-state index contributed by atoms with van der Waals surface area (Å²) in [6.07, 6.45) is 0. The number of benzene rings is 3. The number of ether oxygens (including phenoxy) is 1. The van der Waals surface area contributed by atoms with Gasteiger partial charge in [-0.25, -0.2) is 0 Å². The third kappa shape index (κ3) is 4.55. The van der Waals surface area contributed by atoms with Gasteiger partial charge >= 0.3 is 0 Å². The Kier molecular flexibility index (Phi) is 6.49. The van der Waals surface area contributed by atoms with Crippen LogP contribution >= 0.6 is 23.4 Å². The second-order valence-corrected chi connectivity index (χ2v) is 8.36. The lowest BCUT2D eigenvalue weighted by Gasteiger charge is -2.26. The molecule has 0 radical (unpaired) electrons. The lowest BCUT2D eigenvalue weighted by Crippen LogP contribution is -2.28. The average Bonchev–Trinajstić information content (AvgIpc) is 3.16. The van der Waals surface area contributed by atoms with Crippen LogP contribution < -0.4 is 15.0 Å². The van der Waals surface area contributed by atoms with Crippen LogP contribution in [-0.4, -0.2) is 24.2 Å². The summed E-state index contributed by atoms with van der Waals surface area (Å²) in [6, 6.07) is 22.0. The number of nitrogens with one attached hydrogen (secondary N) is 1. The van der Waals surface area contributed by atoms with E-state index in [0.717, 1.165) is 11.3 Å². The Balaban J connectivity index is 1.55. The van der Waals surface area contributed by atoms with Crippen LogP contribution in [0.5, 0.6) is 5.75 Å². The summed E-state index contributed by atoms with van der Waals surface area (Å²) in [7, 11) is 0. The molecule has 1 aliphatic rings. The van der Waals surface area contributed by atoms with E-state index >= 15 is 0 Å². The third-order valence-corrected chi connectivity index (χ3v) is 6.41. The van der Waals surface area contributed by atoms with Gasteiger partial charge in [-0.05, 0) is 48.9 Å². The molecule has 7 heteroatoms. The van der Waals surface area contributed by atoms with Gasteiger partial charge in [-0.3, -0.25) is 14.5 Å². The summed E-state index contributed by atoms with van der Waals surface area (Å²) in [4.78, 5) is 27.0. The molecule has 1 N–H and O–H groups in total. The summed E-state index contributed by atoms with van der Waals surface area (Å²) in [6.45, 7) is 2.45. The molecule has 31 heavy (non-hydrogen) atoms. The molecule has 0 aromatic heterocycles. The van der Waals surface area contributed by atoms with Crippen LogP contribution in [0, 0.1) is 0 Å². The van der Waals surface area contributed by atoms with Crippen LogP contribution in [0.15, 0.2) is 72.8 Å². The van der Waals surface area contributed by atoms with Crippen molar-refractivity contribution in [3.8, 4) is 5.75 Å². The van der Waals surface area contributed by atoms with Crippen molar-refractivity contribution < 1.29 is 14.3 Å². The fraction of sp³-hybridized carbons (Fsp3) is 0.167.